The van der Waals surface area contributed by atoms with Crippen LogP contribution in [0.4, 0.5) is 0 Å². The molecule has 1 saturated carbocycles. The summed E-state index contributed by atoms with van der Waals surface area (Å²) in [6.07, 6.45) is 2.89. The molecule has 1 nitrogen and oxygen atoms in total. The zero-order valence-corrected chi connectivity index (χ0v) is 8.30. The van der Waals surface area contributed by atoms with Crippen molar-refractivity contribution in [1.29, 1.82) is 0 Å². The van der Waals surface area contributed by atoms with Crippen LogP contribution in [0.3, 0.4) is 0 Å². The van der Waals surface area contributed by atoms with E-state index in [1.165, 1.54) is 19.4 Å². The molecule has 1 fully saturated rings. The second kappa shape index (κ2) is 3.57. The summed E-state index contributed by atoms with van der Waals surface area (Å²) in [6.45, 7) is 6.08. The van der Waals surface area contributed by atoms with E-state index >= 15 is 0 Å². The molecule has 0 radical (unpaired) electrons. The molecule has 0 aromatic heterocycles. The van der Waals surface area contributed by atoms with Crippen LogP contribution in [0.2, 0.25) is 0 Å². The van der Waals surface area contributed by atoms with Gasteiger partial charge in [-0.15, -0.1) is 0 Å². The van der Waals surface area contributed by atoms with Crippen LogP contribution in [0, 0.1) is 17.8 Å². The molecule has 0 amide bonds. The molecule has 2 unspecified atom stereocenters. The van der Waals surface area contributed by atoms with E-state index < -0.39 is 0 Å². The molecule has 0 bridgehead atoms. The standard InChI is InChI=1S/C10H21N/c1-8-5-6-9(2)10(8)7-11(3)4/h8-10H,5-7H2,1-4H3. The van der Waals surface area contributed by atoms with Crippen LogP contribution < -0.4 is 0 Å². The van der Waals surface area contributed by atoms with Crippen molar-refractivity contribution in [3.8, 4) is 0 Å². The van der Waals surface area contributed by atoms with Gasteiger partial charge in [0.25, 0.3) is 0 Å². The first kappa shape index (κ1) is 9.05. The van der Waals surface area contributed by atoms with Crippen molar-refractivity contribution < 1.29 is 0 Å². The third-order valence-electron chi connectivity index (χ3n) is 3.12. The van der Waals surface area contributed by atoms with Crippen LogP contribution >= 0.6 is 0 Å². The Kier molecular flexibility index (Phi) is 2.94. The summed E-state index contributed by atoms with van der Waals surface area (Å²) in [5.41, 5.74) is 0. The van der Waals surface area contributed by atoms with Crippen LogP contribution in [-0.4, -0.2) is 25.5 Å². The fraction of sp³-hybridized carbons (Fsp3) is 1.00. The highest BCUT2D eigenvalue weighted by Gasteiger charge is 2.29. The SMILES string of the molecule is CC1CCC(C)C1CN(C)C. The van der Waals surface area contributed by atoms with Gasteiger partial charge in [-0.05, 0) is 31.8 Å². The van der Waals surface area contributed by atoms with Gasteiger partial charge in [0.2, 0.25) is 0 Å². The van der Waals surface area contributed by atoms with Crippen LogP contribution in [0.15, 0.2) is 0 Å². The summed E-state index contributed by atoms with van der Waals surface area (Å²) in [5.74, 6) is 2.85. The zero-order valence-electron chi connectivity index (χ0n) is 8.30. The second-order valence-electron chi connectivity index (χ2n) is 4.46. The number of nitrogens with zero attached hydrogens (tertiary/aromatic N) is 1. The van der Waals surface area contributed by atoms with E-state index in [0.29, 0.717) is 0 Å². The Morgan fingerprint density at radius 1 is 1.09 bits per heavy atom. The molecule has 0 aromatic rings. The Morgan fingerprint density at radius 3 is 1.91 bits per heavy atom. The Labute approximate surface area is 70.8 Å². The molecule has 1 heteroatoms. The number of hydrogen-bond donors (Lipinski definition) is 0. The van der Waals surface area contributed by atoms with Gasteiger partial charge in [-0.2, -0.15) is 0 Å². The third-order valence-corrected chi connectivity index (χ3v) is 3.12. The third kappa shape index (κ3) is 2.19. The number of hydrogen-bond acceptors (Lipinski definition) is 1. The highest BCUT2D eigenvalue weighted by atomic mass is 15.1. The fourth-order valence-electron chi connectivity index (χ4n) is 2.30. The minimum atomic E-state index is 0.949. The second-order valence-corrected chi connectivity index (χ2v) is 4.46. The van der Waals surface area contributed by atoms with Gasteiger partial charge >= 0.3 is 0 Å². The molecule has 66 valence electrons. The van der Waals surface area contributed by atoms with E-state index in [1.807, 2.05) is 0 Å². The predicted octanol–water partition coefficient (Wildman–Crippen LogP) is 2.23. The van der Waals surface area contributed by atoms with E-state index in [2.05, 4.69) is 32.8 Å². The number of rotatable bonds is 2. The van der Waals surface area contributed by atoms with Crippen molar-refractivity contribution in [2.75, 3.05) is 20.6 Å². The topological polar surface area (TPSA) is 3.24 Å². The molecule has 2 atom stereocenters. The smallest absolute Gasteiger partial charge is 0.000865 e. The average molecular weight is 155 g/mol. The van der Waals surface area contributed by atoms with Crippen molar-refractivity contribution in [3.05, 3.63) is 0 Å². The van der Waals surface area contributed by atoms with Crippen LogP contribution in [0.1, 0.15) is 26.7 Å². The first-order valence-electron chi connectivity index (χ1n) is 4.76. The maximum Gasteiger partial charge on any atom is 0.000865 e. The average Bonchev–Trinajstić information content (AvgIpc) is 2.18. The molecule has 0 saturated heterocycles. The Hall–Kier alpha value is -0.0400. The van der Waals surface area contributed by atoms with E-state index in [9.17, 15) is 0 Å². The molecular formula is C10H21N. The van der Waals surface area contributed by atoms with Crippen molar-refractivity contribution in [2.24, 2.45) is 17.8 Å². The maximum atomic E-state index is 2.40. The highest BCUT2D eigenvalue weighted by Crippen LogP contribution is 2.36. The van der Waals surface area contributed by atoms with Crippen LogP contribution in [-0.2, 0) is 0 Å². The molecule has 11 heavy (non-hydrogen) atoms. The molecular weight excluding hydrogens is 134 g/mol. The fourth-order valence-corrected chi connectivity index (χ4v) is 2.30. The van der Waals surface area contributed by atoms with Gasteiger partial charge in [-0.3, -0.25) is 0 Å². The van der Waals surface area contributed by atoms with Gasteiger partial charge < -0.3 is 4.90 Å². The molecule has 0 N–H and O–H groups in total. The Balaban J connectivity index is 2.41. The first-order chi connectivity index (χ1) is 5.11. The van der Waals surface area contributed by atoms with E-state index in [1.54, 1.807) is 0 Å². The lowest BCUT2D eigenvalue weighted by Crippen LogP contribution is -2.26. The van der Waals surface area contributed by atoms with E-state index in [-0.39, 0.29) is 0 Å². The summed E-state index contributed by atoms with van der Waals surface area (Å²) >= 11 is 0. The molecule has 0 aromatic carbocycles. The Bertz CT molecular complexity index is 110. The summed E-state index contributed by atoms with van der Waals surface area (Å²) in [6, 6.07) is 0. The highest BCUT2D eigenvalue weighted by molar-refractivity contribution is 4.81. The molecule has 1 aliphatic carbocycles. The van der Waals surface area contributed by atoms with Gasteiger partial charge in [-0.1, -0.05) is 26.7 Å². The quantitative estimate of drug-likeness (QED) is 0.591. The lowest BCUT2D eigenvalue weighted by molar-refractivity contribution is 0.246. The largest absolute Gasteiger partial charge is 0.309 e. The van der Waals surface area contributed by atoms with Crippen molar-refractivity contribution in [2.45, 2.75) is 26.7 Å². The van der Waals surface area contributed by atoms with Crippen molar-refractivity contribution in [3.63, 3.8) is 0 Å². The van der Waals surface area contributed by atoms with Gasteiger partial charge in [0.1, 0.15) is 0 Å². The lowest BCUT2D eigenvalue weighted by atomic mass is 9.91. The normalized spacial score (nSPS) is 38.5. The summed E-state index contributed by atoms with van der Waals surface area (Å²) in [4.78, 5) is 2.32. The van der Waals surface area contributed by atoms with Gasteiger partial charge in [0.05, 0.1) is 0 Å². The summed E-state index contributed by atoms with van der Waals surface area (Å²) in [5, 5.41) is 0. The minimum Gasteiger partial charge on any atom is -0.309 e. The first-order valence-corrected chi connectivity index (χ1v) is 4.76. The predicted molar refractivity (Wildman–Crippen MR) is 49.6 cm³/mol. The van der Waals surface area contributed by atoms with Crippen LogP contribution in [0.5, 0.6) is 0 Å². The van der Waals surface area contributed by atoms with Crippen molar-refractivity contribution in [1.82, 2.24) is 4.90 Å². The molecule has 0 aliphatic heterocycles. The minimum absolute atomic E-state index is 0.949. The summed E-state index contributed by atoms with van der Waals surface area (Å²) < 4.78 is 0. The van der Waals surface area contributed by atoms with Gasteiger partial charge in [0.15, 0.2) is 0 Å². The van der Waals surface area contributed by atoms with Crippen LogP contribution in [0.25, 0.3) is 0 Å². The lowest BCUT2D eigenvalue weighted by Gasteiger charge is -2.23. The van der Waals surface area contributed by atoms with Gasteiger partial charge in [-0.25, -0.2) is 0 Å². The van der Waals surface area contributed by atoms with Gasteiger partial charge in [0, 0.05) is 6.54 Å². The monoisotopic (exact) mass is 155 g/mol. The van der Waals surface area contributed by atoms with E-state index in [4.69, 9.17) is 0 Å². The van der Waals surface area contributed by atoms with Crippen molar-refractivity contribution >= 4 is 0 Å². The maximum absolute atomic E-state index is 2.40. The molecule has 0 spiro atoms. The molecule has 1 rings (SSSR count). The Morgan fingerprint density at radius 2 is 1.55 bits per heavy atom. The molecule has 1 aliphatic rings. The zero-order chi connectivity index (χ0) is 8.43. The summed E-state index contributed by atoms with van der Waals surface area (Å²) in [7, 11) is 4.36. The van der Waals surface area contributed by atoms with E-state index in [0.717, 1.165) is 17.8 Å². The molecule has 0 heterocycles.